The summed E-state index contributed by atoms with van der Waals surface area (Å²) in [6, 6.07) is 8.92. The standard InChI is InChI=1S/C20H22N4O3S/c1-12-5-8-17(28-12)19(26)24-9-3-4-14(11-24)23(2)18(25)13-6-7-15-16(10-13)22-20(27)21-15/h5-8,10,14H,3-4,9,11H2,1-2H3,(H2,21,22,27). The van der Waals surface area contributed by atoms with Crippen LogP contribution in [0.1, 0.15) is 37.7 Å². The first kappa shape index (κ1) is 18.5. The fraction of sp³-hybridized carbons (Fsp3) is 0.350. The number of fused-ring (bicyclic) bond motifs is 1. The van der Waals surface area contributed by atoms with Gasteiger partial charge in [0, 0.05) is 36.6 Å². The van der Waals surface area contributed by atoms with Crippen molar-refractivity contribution in [3.05, 3.63) is 56.1 Å². The van der Waals surface area contributed by atoms with Crippen LogP contribution in [0.4, 0.5) is 0 Å². The highest BCUT2D eigenvalue weighted by Gasteiger charge is 2.30. The van der Waals surface area contributed by atoms with Gasteiger partial charge in [0.15, 0.2) is 0 Å². The lowest BCUT2D eigenvalue weighted by atomic mass is 10.0. The minimum atomic E-state index is -0.293. The van der Waals surface area contributed by atoms with Crippen molar-refractivity contribution >= 4 is 34.2 Å². The third kappa shape index (κ3) is 3.47. The number of aromatic nitrogens is 2. The van der Waals surface area contributed by atoms with Gasteiger partial charge in [-0.3, -0.25) is 9.59 Å². The van der Waals surface area contributed by atoms with Crippen LogP contribution in [-0.2, 0) is 0 Å². The van der Waals surface area contributed by atoms with Crippen molar-refractivity contribution in [2.24, 2.45) is 0 Å². The van der Waals surface area contributed by atoms with Crippen molar-refractivity contribution in [1.82, 2.24) is 19.8 Å². The van der Waals surface area contributed by atoms with Crippen molar-refractivity contribution in [2.75, 3.05) is 20.1 Å². The van der Waals surface area contributed by atoms with Gasteiger partial charge < -0.3 is 19.8 Å². The summed E-state index contributed by atoms with van der Waals surface area (Å²) >= 11 is 1.50. The number of H-pyrrole nitrogens is 2. The van der Waals surface area contributed by atoms with E-state index in [2.05, 4.69) is 9.97 Å². The number of nitrogens with one attached hydrogen (secondary N) is 2. The minimum absolute atomic E-state index is 0.0350. The Morgan fingerprint density at radius 2 is 1.96 bits per heavy atom. The number of aromatic amines is 2. The summed E-state index contributed by atoms with van der Waals surface area (Å²) in [5.74, 6) is -0.0785. The molecule has 1 aliphatic heterocycles. The number of likely N-dealkylation sites (tertiary alicyclic amines) is 1. The van der Waals surface area contributed by atoms with Gasteiger partial charge in [-0.25, -0.2) is 4.79 Å². The maximum Gasteiger partial charge on any atom is 0.323 e. The number of hydrogen-bond acceptors (Lipinski definition) is 4. The number of likely N-dealkylation sites (N-methyl/N-ethyl adjacent to an activating group) is 1. The molecule has 1 aromatic carbocycles. The average Bonchev–Trinajstić information content (AvgIpc) is 3.30. The highest BCUT2D eigenvalue weighted by atomic mass is 32.1. The van der Waals surface area contributed by atoms with Crippen LogP contribution in [0.2, 0.25) is 0 Å². The molecule has 0 bridgehead atoms. The predicted octanol–water partition coefficient (Wildman–Crippen LogP) is 2.60. The van der Waals surface area contributed by atoms with Crippen molar-refractivity contribution in [2.45, 2.75) is 25.8 Å². The van der Waals surface area contributed by atoms with E-state index >= 15 is 0 Å². The molecule has 0 saturated carbocycles. The Morgan fingerprint density at radius 1 is 1.18 bits per heavy atom. The SMILES string of the molecule is Cc1ccc(C(=O)N2CCCC(N(C)C(=O)c3ccc4[nH]c(=O)[nH]c4c3)C2)s1. The molecule has 1 atom stereocenters. The summed E-state index contributed by atoms with van der Waals surface area (Å²) < 4.78 is 0. The number of hydrogen-bond donors (Lipinski definition) is 2. The van der Waals surface area contributed by atoms with Crippen LogP contribution in [0.5, 0.6) is 0 Å². The zero-order valence-electron chi connectivity index (χ0n) is 15.8. The Hall–Kier alpha value is -2.87. The molecule has 0 radical (unpaired) electrons. The molecule has 8 heteroatoms. The molecular weight excluding hydrogens is 376 g/mol. The van der Waals surface area contributed by atoms with Crippen molar-refractivity contribution in [1.29, 1.82) is 0 Å². The van der Waals surface area contributed by atoms with E-state index in [1.54, 1.807) is 30.1 Å². The van der Waals surface area contributed by atoms with Gasteiger partial charge in [0.2, 0.25) is 0 Å². The summed E-state index contributed by atoms with van der Waals surface area (Å²) in [7, 11) is 1.78. The molecule has 0 spiro atoms. The fourth-order valence-corrected chi connectivity index (χ4v) is 4.53. The number of nitrogens with zero attached hydrogens (tertiary/aromatic N) is 2. The van der Waals surface area contributed by atoms with Crippen LogP contribution in [0.25, 0.3) is 11.0 Å². The van der Waals surface area contributed by atoms with Gasteiger partial charge in [-0.05, 0) is 50.1 Å². The van der Waals surface area contributed by atoms with Gasteiger partial charge >= 0.3 is 5.69 Å². The minimum Gasteiger partial charge on any atom is -0.337 e. The summed E-state index contributed by atoms with van der Waals surface area (Å²) in [6.45, 7) is 3.23. The summed E-state index contributed by atoms with van der Waals surface area (Å²) in [6.07, 6.45) is 1.72. The predicted molar refractivity (Wildman–Crippen MR) is 109 cm³/mol. The van der Waals surface area contributed by atoms with Gasteiger partial charge in [-0.1, -0.05) is 0 Å². The lowest BCUT2D eigenvalue weighted by Gasteiger charge is -2.37. The molecule has 1 saturated heterocycles. The second kappa shape index (κ2) is 7.27. The maximum absolute atomic E-state index is 13.0. The lowest BCUT2D eigenvalue weighted by Crippen LogP contribution is -2.50. The number of rotatable bonds is 3. The first-order chi connectivity index (χ1) is 13.4. The highest BCUT2D eigenvalue weighted by Crippen LogP contribution is 2.22. The number of piperidine rings is 1. The van der Waals surface area contributed by atoms with Crippen molar-refractivity contribution in [3.63, 3.8) is 0 Å². The zero-order valence-corrected chi connectivity index (χ0v) is 16.6. The van der Waals surface area contributed by atoms with E-state index in [1.165, 1.54) is 11.3 Å². The smallest absolute Gasteiger partial charge is 0.323 e. The number of carbonyl (C=O) groups excluding carboxylic acids is 2. The van der Waals surface area contributed by atoms with Crippen LogP contribution in [0.3, 0.4) is 0 Å². The maximum atomic E-state index is 13.0. The second-order valence-corrected chi connectivity index (χ2v) is 8.50. The van der Waals surface area contributed by atoms with E-state index in [1.807, 2.05) is 24.0 Å². The topological polar surface area (TPSA) is 89.3 Å². The van der Waals surface area contributed by atoms with Crippen LogP contribution < -0.4 is 5.69 Å². The third-order valence-corrected chi connectivity index (χ3v) is 6.25. The fourth-order valence-electron chi connectivity index (χ4n) is 3.70. The van der Waals surface area contributed by atoms with E-state index in [9.17, 15) is 14.4 Å². The van der Waals surface area contributed by atoms with E-state index in [-0.39, 0.29) is 23.5 Å². The molecule has 1 fully saturated rings. The van der Waals surface area contributed by atoms with Gasteiger partial charge in [-0.2, -0.15) is 0 Å². The Bertz CT molecular complexity index is 1100. The summed E-state index contributed by atoms with van der Waals surface area (Å²) in [5.41, 5.74) is 1.50. The largest absolute Gasteiger partial charge is 0.337 e. The molecule has 2 aromatic heterocycles. The molecule has 1 aliphatic rings. The van der Waals surface area contributed by atoms with Gasteiger partial charge in [0.05, 0.1) is 15.9 Å². The Labute approximate surface area is 166 Å². The van der Waals surface area contributed by atoms with Crippen LogP contribution in [-0.4, -0.2) is 57.8 Å². The molecular formula is C20H22N4O3S. The Morgan fingerprint density at radius 3 is 2.71 bits per heavy atom. The number of thiophene rings is 1. The molecule has 0 aliphatic carbocycles. The van der Waals surface area contributed by atoms with Gasteiger partial charge in [0.1, 0.15) is 0 Å². The molecule has 1 unspecified atom stereocenters. The molecule has 146 valence electrons. The van der Waals surface area contributed by atoms with Crippen LogP contribution in [0.15, 0.2) is 35.1 Å². The van der Waals surface area contributed by atoms with Crippen molar-refractivity contribution in [3.8, 4) is 0 Å². The molecule has 2 N–H and O–H groups in total. The normalized spacial score (nSPS) is 17.1. The van der Waals surface area contributed by atoms with E-state index in [0.717, 1.165) is 22.6 Å². The molecule has 3 aromatic rings. The number of aryl methyl sites for hydroxylation is 1. The van der Waals surface area contributed by atoms with E-state index in [4.69, 9.17) is 0 Å². The quantitative estimate of drug-likeness (QED) is 0.711. The molecule has 28 heavy (non-hydrogen) atoms. The second-order valence-electron chi connectivity index (χ2n) is 7.21. The van der Waals surface area contributed by atoms with E-state index < -0.39 is 0 Å². The van der Waals surface area contributed by atoms with Crippen LogP contribution >= 0.6 is 11.3 Å². The Balaban J connectivity index is 1.49. The first-order valence-corrected chi connectivity index (χ1v) is 10.1. The van der Waals surface area contributed by atoms with E-state index in [0.29, 0.717) is 29.7 Å². The van der Waals surface area contributed by atoms with Crippen molar-refractivity contribution < 1.29 is 9.59 Å². The molecule has 4 rings (SSSR count). The summed E-state index contributed by atoms with van der Waals surface area (Å²) in [5, 5.41) is 0. The molecule has 7 nitrogen and oxygen atoms in total. The lowest BCUT2D eigenvalue weighted by molar-refractivity contribution is 0.0524. The zero-order chi connectivity index (χ0) is 19.8. The van der Waals surface area contributed by atoms with Gasteiger partial charge in [-0.15, -0.1) is 11.3 Å². The number of benzene rings is 1. The molecule has 2 amide bonds. The number of imidazole rings is 1. The molecule has 3 heterocycles. The highest BCUT2D eigenvalue weighted by molar-refractivity contribution is 7.13. The first-order valence-electron chi connectivity index (χ1n) is 9.27. The Kier molecular flexibility index (Phi) is 4.80. The van der Waals surface area contributed by atoms with Crippen LogP contribution in [0, 0.1) is 6.92 Å². The third-order valence-electron chi connectivity index (χ3n) is 5.27. The summed E-state index contributed by atoms with van der Waals surface area (Å²) in [4.78, 5) is 47.9. The monoisotopic (exact) mass is 398 g/mol. The number of carbonyl (C=O) groups is 2. The van der Waals surface area contributed by atoms with Gasteiger partial charge in [0.25, 0.3) is 11.8 Å². The number of amides is 2. The average molecular weight is 398 g/mol.